The number of para-hydroxylation sites is 1. The van der Waals surface area contributed by atoms with Crippen LogP contribution >= 0.6 is 0 Å². The van der Waals surface area contributed by atoms with Gasteiger partial charge in [0.05, 0.1) is 4.92 Å². The topological polar surface area (TPSA) is 81.5 Å². The Kier molecular flexibility index (Phi) is 2.03. The third-order valence-electron chi connectivity index (χ3n) is 2.12. The number of fused-ring (bicyclic) bond motifs is 1. The zero-order valence-electron chi connectivity index (χ0n) is 7.89. The molecular weight excluding hydrogens is 200 g/mol. The maximum absolute atomic E-state index is 11.3. The summed E-state index contributed by atoms with van der Waals surface area (Å²) in [6.45, 7) is 1.58. The van der Waals surface area contributed by atoms with E-state index in [4.69, 9.17) is 4.74 Å². The van der Waals surface area contributed by atoms with Gasteiger partial charge < -0.3 is 10.1 Å². The number of rotatable bonds is 1. The lowest BCUT2D eigenvalue weighted by atomic mass is 10.2. The lowest BCUT2D eigenvalue weighted by Gasteiger charge is -2.22. The molecule has 78 valence electrons. The van der Waals surface area contributed by atoms with Crippen molar-refractivity contribution < 1.29 is 14.5 Å². The number of nitro groups is 1. The van der Waals surface area contributed by atoms with Gasteiger partial charge >= 0.3 is 0 Å². The van der Waals surface area contributed by atoms with Crippen molar-refractivity contribution in [3.63, 3.8) is 0 Å². The van der Waals surface area contributed by atoms with Crippen molar-refractivity contribution in [3.05, 3.63) is 28.3 Å². The van der Waals surface area contributed by atoms with Crippen molar-refractivity contribution in [2.24, 2.45) is 0 Å². The largest absolute Gasteiger partial charge is 0.478 e. The molecule has 1 atom stereocenters. The molecule has 6 nitrogen and oxygen atoms in total. The molecule has 0 saturated carbocycles. The summed E-state index contributed by atoms with van der Waals surface area (Å²) in [6, 6.07) is 4.41. The molecule has 1 heterocycles. The van der Waals surface area contributed by atoms with Gasteiger partial charge in [-0.05, 0) is 13.0 Å². The minimum absolute atomic E-state index is 0.130. The van der Waals surface area contributed by atoms with Crippen molar-refractivity contribution in [1.82, 2.24) is 0 Å². The van der Waals surface area contributed by atoms with Crippen molar-refractivity contribution in [2.75, 3.05) is 5.32 Å². The molecule has 0 aromatic heterocycles. The van der Waals surface area contributed by atoms with Crippen LogP contribution in [0.2, 0.25) is 0 Å². The Morgan fingerprint density at radius 3 is 2.93 bits per heavy atom. The molecule has 1 N–H and O–H groups in total. The molecule has 1 aliphatic heterocycles. The minimum Gasteiger partial charge on any atom is -0.478 e. The molecule has 1 aromatic carbocycles. The van der Waals surface area contributed by atoms with Gasteiger partial charge in [-0.2, -0.15) is 0 Å². The summed E-state index contributed by atoms with van der Waals surface area (Å²) in [5, 5.41) is 13.1. The lowest BCUT2D eigenvalue weighted by Crippen LogP contribution is -2.34. The van der Waals surface area contributed by atoms with Crippen LogP contribution in [0, 0.1) is 10.1 Å². The quantitative estimate of drug-likeness (QED) is 0.557. The molecule has 1 amide bonds. The fourth-order valence-electron chi connectivity index (χ4n) is 1.36. The first-order valence-electron chi connectivity index (χ1n) is 4.34. The Bertz CT molecular complexity index is 444. The van der Waals surface area contributed by atoms with Crippen molar-refractivity contribution >= 4 is 17.3 Å². The third-order valence-corrected chi connectivity index (χ3v) is 2.12. The molecule has 0 fully saturated rings. The van der Waals surface area contributed by atoms with E-state index < -0.39 is 11.0 Å². The molecule has 0 unspecified atom stereocenters. The average Bonchev–Trinajstić information content (AvgIpc) is 2.18. The van der Waals surface area contributed by atoms with E-state index in [2.05, 4.69) is 5.32 Å². The second kappa shape index (κ2) is 3.23. The average molecular weight is 208 g/mol. The summed E-state index contributed by atoms with van der Waals surface area (Å²) in [6.07, 6.45) is -0.625. The second-order valence-electron chi connectivity index (χ2n) is 3.16. The maximum Gasteiger partial charge on any atom is 0.296 e. The van der Waals surface area contributed by atoms with Gasteiger partial charge in [0.2, 0.25) is 0 Å². The predicted octanol–water partition coefficient (Wildman–Crippen LogP) is 1.31. The molecule has 2 rings (SSSR count). The fraction of sp³-hybridized carbons (Fsp3) is 0.222. The number of carbonyl (C=O) groups excluding carboxylic acids is 1. The third kappa shape index (κ3) is 1.50. The number of amides is 1. The van der Waals surface area contributed by atoms with Crippen molar-refractivity contribution in [1.29, 1.82) is 0 Å². The smallest absolute Gasteiger partial charge is 0.296 e. The van der Waals surface area contributed by atoms with Gasteiger partial charge in [-0.25, -0.2) is 0 Å². The molecule has 1 aromatic rings. The summed E-state index contributed by atoms with van der Waals surface area (Å²) >= 11 is 0. The highest BCUT2D eigenvalue weighted by Gasteiger charge is 2.29. The second-order valence-corrected chi connectivity index (χ2v) is 3.16. The van der Waals surface area contributed by atoms with E-state index in [0.29, 0.717) is 5.75 Å². The number of nitro benzene ring substituents is 1. The molecule has 0 aliphatic carbocycles. The van der Waals surface area contributed by atoms with Crippen LogP contribution in [0.4, 0.5) is 11.4 Å². The summed E-state index contributed by atoms with van der Waals surface area (Å²) in [7, 11) is 0. The van der Waals surface area contributed by atoms with E-state index in [0.717, 1.165) is 0 Å². The van der Waals surface area contributed by atoms with E-state index in [1.807, 2.05) is 0 Å². The molecule has 15 heavy (non-hydrogen) atoms. The number of hydrogen-bond acceptors (Lipinski definition) is 4. The highest BCUT2D eigenvalue weighted by molar-refractivity contribution is 5.99. The fourth-order valence-corrected chi connectivity index (χ4v) is 1.36. The first kappa shape index (κ1) is 9.45. The summed E-state index contributed by atoms with van der Waals surface area (Å²) in [5.74, 6) is -0.0481. The predicted molar refractivity (Wildman–Crippen MR) is 51.8 cm³/mol. The summed E-state index contributed by atoms with van der Waals surface area (Å²) < 4.78 is 5.22. The van der Waals surface area contributed by atoms with Gasteiger partial charge in [0.15, 0.2) is 17.5 Å². The van der Waals surface area contributed by atoms with Gasteiger partial charge in [0, 0.05) is 6.07 Å². The van der Waals surface area contributed by atoms with E-state index in [1.54, 1.807) is 13.0 Å². The van der Waals surface area contributed by atoms with Crippen LogP contribution < -0.4 is 10.1 Å². The summed E-state index contributed by atoms with van der Waals surface area (Å²) in [5.41, 5.74) is -0.0293. The van der Waals surface area contributed by atoms with Crippen LogP contribution in [0.5, 0.6) is 5.75 Å². The van der Waals surface area contributed by atoms with Crippen LogP contribution in [-0.2, 0) is 4.79 Å². The normalized spacial score (nSPS) is 18.7. The molecular formula is C9H8N2O4. The van der Waals surface area contributed by atoms with Gasteiger partial charge in [-0.15, -0.1) is 0 Å². The molecule has 0 radical (unpaired) electrons. The zero-order valence-corrected chi connectivity index (χ0v) is 7.89. The van der Waals surface area contributed by atoms with Gasteiger partial charge in [-0.1, -0.05) is 6.07 Å². The van der Waals surface area contributed by atoms with Crippen LogP contribution in [0.1, 0.15) is 6.92 Å². The van der Waals surface area contributed by atoms with Crippen LogP contribution in [0.25, 0.3) is 0 Å². The molecule has 0 bridgehead atoms. The lowest BCUT2D eigenvalue weighted by molar-refractivity contribution is -0.384. The Balaban J connectivity index is 2.52. The van der Waals surface area contributed by atoms with Crippen molar-refractivity contribution in [3.8, 4) is 5.75 Å². The Morgan fingerprint density at radius 1 is 1.53 bits per heavy atom. The minimum atomic E-state index is -0.625. The molecule has 6 heteroatoms. The van der Waals surface area contributed by atoms with E-state index >= 15 is 0 Å². The first-order valence-corrected chi connectivity index (χ1v) is 4.34. The van der Waals surface area contributed by atoms with Crippen LogP contribution in [0.3, 0.4) is 0 Å². The Hall–Kier alpha value is -2.11. The van der Waals surface area contributed by atoms with Gasteiger partial charge in [0.1, 0.15) is 0 Å². The highest BCUT2D eigenvalue weighted by atomic mass is 16.6. The number of ether oxygens (including phenoxy) is 1. The Morgan fingerprint density at radius 2 is 2.27 bits per heavy atom. The number of nitrogens with one attached hydrogen (secondary N) is 1. The molecule has 1 aliphatic rings. The molecule has 0 saturated heterocycles. The summed E-state index contributed by atoms with van der Waals surface area (Å²) in [4.78, 5) is 21.4. The van der Waals surface area contributed by atoms with E-state index in [1.165, 1.54) is 12.1 Å². The first-order chi connectivity index (χ1) is 7.09. The SMILES string of the molecule is C[C@H]1Oc2cccc([N+](=O)[O-])c2NC1=O. The number of carbonyl (C=O) groups is 1. The zero-order chi connectivity index (χ0) is 11.0. The number of anilines is 1. The number of benzene rings is 1. The van der Waals surface area contributed by atoms with E-state index in [9.17, 15) is 14.9 Å². The van der Waals surface area contributed by atoms with Crippen molar-refractivity contribution in [2.45, 2.75) is 13.0 Å². The van der Waals surface area contributed by atoms with E-state index in [-0.39, 0.29) is 17.3 Å². The maximum atomic E-state index is 11.3. The number of hydrogen-bond donors (Lipinski definition) is 1. The highest BCUT2D eigenvalue weighted by Crippen LogP contribution is 2.37. The van der Waals surface area contributed by atoms with Gasteiger partial charge in [-0.3, -0.25) is 14.9 Å². The van der Waals surface area contributed by atoms with Gasteiger partial charge in [0.25, 0.3) is 11.6 Å². The van der Waals surface area contributed by atoms with Crippen LogP contribution in [0.15, 0.2) is 18.2 Å². The van der Waals surface area contributed by atoms with Crippen LogP contribution in [-0.4, -0.2) is 16.9 Å². The number of nitrogens with zero attached hydrogens (tertiary/aromatic N) is 1. The Labute approximate surface area is 85.0 Å². The standard InChI is InChI=1S/C9H8N2O4/c1-5-9(12)10-8-6(11(13)14)3-2-4-7(8)15-5/h2-5H,1H3,(H,10,12)/t5-/m1/s1. The molecule has 0 spiro atoms. The monoisotopic (exact) mass is 208 g/mol.